The molecule has 2 aliphatic rings. The van der Waals surface area contributed by atoms with E-state index in [0.717, 1.165) is 59.5 Å². The number of piperidine rings is 1. The van der Waals surface area contributed by atoms with Crippen molar-refractivity contribution in [2.45, 2.75) is 38.3 Å². The fraction of sp³-hybridized carbons (Fsp3) is 0.480. The van der Waals surface area contributed by atoms with Gasteiger partial charge in [0, 0.05) is 56.9 Å². The predicted octanol–water partition coefficient (Wildman–Crippen LogP) is 2.91. The second-order valence-electron chi connectivity index (χ2n) is 9.86. The van der Waals surface area contributed by atoms with Crippen LogP contribution in [0.15, 0.2) is 24.4 Å². The third-order valence-corrected chi connectivity index (χ3v) is 7.19. The summed E-state index contributed by atoms with van der Waals surface area (Å²) >= 11 is 0. The molecule has 1 atom stereocenters. The van der Waals surface area contributed by atoms with Crippen LogP contribution in [0.4, 0.5) is 0 Å². The number of aryl methyl sites for hydroxylation is 2. The predicted molar refractivity (Wildman–Crippen MR) is 131 cm³/mol. The fourth-order valence-electron chi connectivity index (χ4n) is 5.27. The number of imidazole rings is 1. The van der Waals surface area contributed by atoms with Crippen LogP contribution in [0.1, 0.15) is 36.0 Å². The highest BCUT2D eigenvalue weighted by Gasteiger charge is 2.28. The van der Waals surface area contributed by atoms with Crippen molar-refractivity contribution in [1.82, 2.24) is 28.8 Å². The van der Waals surface area contributed by atoms with Gasteiger partial charge in [-0.2, -0.15) is 5.10 Å². The second kappa shape index (κ2) is 7.87. The average Bonchev–Trinajstić information content (AvgIpc) is 3.38. The van der Waals surface area contributed by atoms with Crippen molar-refractivity contribution in [2.24, 2.45) is 25.7 Å². The third-order valence-electron chi connectivity index (χ3n) is 7.19. The van der Waals surface area contributed by atoms with Crippen molar-refractivity contribution in [1.29, 1.82) is 0 Å². The zero-order chi connectivity index (χ0) is 23.6. The Morgan fingerprint density at radius 1 is 1.21 bits per heavy atom. The first-order chi connectivity index (χ1) is 16.4. The van der Waals surface area contributed by atoms with Crippen LogP contribution < -0.4 is 10.5 Å². The molecule has 34 heavy (non-hydrogen) atoms. The number of rotatable bonds is 5. The zero-order valence-corrected chi connectivity index (χ0v) is 20.0. The highest BCUT2D eigenvalue weighted by atomic mass is 16.5. The molecule has 6 rings (SSSR count). The summed E-state index contributed by atoms with van der Waals surface area (Å²) < 4.78 is 12.0. The number of likely N-dealkylation sites (tertiary alicyclic amines) is 1. The van der Waals surface area contributed by atoms with Gasteiger partial charge in [-0.05, 0) is 49.8 Å². The molecule has 0 spiro atoms. The lowest BCUT2D eigenvalue weighted by molar-refractivity contribution is 0.0708. The molecule has 1 amide bonds. The van der Waals surface area contributed by atoms with E-state index in [2.05, 4.69) is 15.2 Å². The Kier molecular flexibility index (Phi) is 4.91. The van der Waals surface area contributed by atoms with E-state index >= 15 is 0 Å². The van der Waals surface area contributed by atoms with E-state index in [-0.39, 0.29) is 11.9 Å². The van der Waals surface area contributed by atoms with Crippen molar-refractivity contribution in [2.75, 3.05) is 20.2 Å². The van der Waals surface area contributed by atoms with Gasteiger partial charge >= 0.3 is 0 Å². The highest BCUT2D eigenvalue weighted by Crippen LogP contribution is 2.37. The van der Waals surface area contributed by atoms with Crippen LogP contribution in [-0.4, -0.2) is 60.9 Å². The lowest BCUT2D eigenvalue weighted by atomic mass is 10.0. The summed E-state index contributed by atoms with van der Waals surface area (Å²) in [4.78, 5) is 20.1. The summed E-state index contributed by atoms with van der Waals surface area (Å²) in [5.74, 6) is 2.17. The quantitative estimate of drug-likeness (QED) is 0.493. The Morgan fingerprint density at radius 3 is 2.76 bits per heavy atom. The molecule has 1 saturated carbocycles. The van der Waals surface area contributed by atoms with E-state index in [1.54, 1.807) is 7.11 Å². The molecule has 9 heteroatoms. The number of hydrogen-bond donors (Lipinski definition) is 1. The number of benzene rings is 1. The van der Waals surface area contributed by atoms with Gasteiger partial charge < -0.3 is 24.5 Å². The summed E-state index contributed by atoms with van der Waals surface area (Å²) in [6.07, 6.45) is 6.45. The molecule has 9 nitrogen and oxygen atoms in total. The van der Waals surface area contributed by atoms with Crippen molar-refractivity contribution < 1.29 is 9.53 Å². The average molecular weight is 462 g/mol. The molecule has 2 fully saturated rings. The van der Waals surface area contributed by atoms with Gasteiger partial charge in [0.05, 0.1) is 18.3 Å². The minimum atomic E-state index is -0.0184. The van der Waals surface area contributed by atoms with E-state index < -0.39 is 0 Å². The fourth-order valence-corrected chi connectivity index (χ4v) is 5.27. The maximum Gasteiger partial charge on any atom is 0.254 e. The van der Waals surface area contributed by atoms with Gasteiger partial charge in [-0.1, -0.05) is 0 Å². The summed E-state index contributed by atoms with van der Waals surface area (Å²) in [7, 11) is 5.60. The van der Waals surface area contributed by atoms with Crippen LogP contribution in [0.25, 0.3) is 33.6 Å². The van der Waals surface area contributed by atoms with Crippen molar-refractivity contribution in [3.8, 4) is 17.3 Å². The Bertz CT molecular complexity index is 1410. The van der Waals surface area contributed by atoms with Crippen molar-refractivity contribution in [3.05, 3.63) is 30.0 Å². The summed E-state index contributed by atoms with van der Waals surface area (Å²) in [5.41, 5.74) is 10.4. The van der Waals surface area contributed by atoms with Crippen LogP contribution in [0, 0.1) is 5.92 Å². The molecule has 2 N–H and O–H groups in total. The summed E-state index contributed by atoms with van der Waals surface area (Å²) in [6.45, 7) is 2.26. The maximum absolute atomic E-state index is 13.3. The van der Waals surface area contributed by atoms with Gasteiger partial charge in [-0.15, -0.1) is 0 Å². The van der Waals surface area contributed by atoms with E-state index in [4.69, 9.17) is 20.6 Å². The number of nitrogens with zero attached hydrogens (tertiary/aromatic N) is 6. The molecular formula is C25H31N7O2. The van der Waals surface area contributed by atoms with Gasteiger partial charge in [-0.3, -0.25) is 9.48 Å². The molecule has 1 saturated heterocycles. The number of hydrogen-bond acceptors (Lipinski definition) is 5. The van der Waals surface area contributed by atoms with Crippen molar-refractivity contribution >= 4 is 28.0 Å². The van der Waals surface area contributed by atoms with Crippen LogP contribution in [0.3, 0.4) is 0 Å². The molecule has 3 aromatic heterocycles. The van der Waals surface area contributed by atoms with Gasteiger partial charge in [-0.25, -0.2) is 4.98 Å². The number of methoxy groups -OCH3 is 1. The van der Waals surface area contributed by atoms with Crippen LogP contribution in [-0.2, 0) is 20.6 Å². The topological polar surface area (TPSA) is 96.1 Å². The number of ether oxygens (including phenoxy) is 1. The summed E-state index contributed by atoms with van der Waals surface area (Å²) in [6, 6.07) is 5.92. The van der Waals surface area contributed by atoms with Gasteiger partial charge in [0.25, 0.3) is 5.91 Å². The lowest BCUT2D eigenvalue weighted by Crippen LogP contribution is -2.45. The Labute approximate surface area is 198 Å². The number of carbonyl (C=O) groups excluding carboxylic acids is 1. The van der Waals surface area contributed by atoms with Gasteiger partial charge in [0.15, 0.2) is 11.5 Å². The van der Waals surface area contributed by atoms with Gasteiger partial charge in [0.1, 0.15) is 11.3 Å². The largest absolute Gasteiger partial charge is 0.494 e. The standard InChI is InChI=1S/C25H31N7O2/c1-29-13-17-10-20(32(23(17)28-29)12-15-6-7-15)24-27-19-9-16(11-21(34-3)22(19)30(24)2)25(33)31-8-4-5-18(26)14-31/h9-11,13,15,18H,4-8,12,14,26H2,1-3H3/t18-/m1/s1. The molecule has 4 aromatic rings. The number of aromatic nitrogens is 5. The first kappa shape index (κ1) is 21.2. The second-order valence-corrected chi connectivity index (χ2v) is 9.86. The molecule has 178 valence electrons. The highest BCUT2D eigenvalue weighted by molar-refractivity contribution is 6.00. The molecule has 1 aromatic carbocycles. The normalized spacial score (nSPS) is 18.8. The molecule has 1 aliphatic heterocycles. The molecule has 0 radical (unpaired) electrons. The van der Waals surface area contributed by atoms with E-state index in [0.29, 0.717) is 23.8 Å². The first-order valence-electron chi connectivity index (χ1n) is 12.1. The molecule has 4 heterocycles. The first-order valence-corrected chi connectivity index (χ1v) is 12.1. The minimum Gasteiger partial charge on any atom is -0.494 e. The number of carbonyl (C=O) groups is 1. The van der Waals surface area contributed by atoms with Crippen LogP contribution in [0.2, 0.25) is 0 Å². The molecule has 0 bridgehead atoms. The van der Waals surface area contributed by atoms with E-state index in [1.165, 1.54) is 12.8 Å². The Hall–Kier alpha value is -3.33. The van der Waals surface area contributed by atoms with Crippen molar-refractivity contribution in [3.63, 3.8) is 0 Å². The molecular weight excluding hydrogens is 430 g/mol. The Morgan fingerprint density at radius 2 is 2.03 bits per heavy atom. The minimum absolute atomic E-state index is 0.0184. The summed E-state index contributed by atoms with van der Waals surface area (Å²) in [5, 5.41) is 5.82. The number of nitrogens with two attached hydrogens (primary N) is 1. The monoisotopic (exact) mass is 461 g/mol. The SMILES string of the molecule is COc1cc(C(=O)N2CCC[C@@H](N)C2)cc2nc(-c3cc4cn(C)nc4n3CC3CC3)n(C)c12. The van der Waals surface area contributed by atoms with Crippen LogP contribution in [0.5, 0.6) is 5.75 Å². The molecule has 1 aliphatic carbocycles. The zero-order valence-electron chi connectivity index (χ0n) is 20.0. The third kappa shape index (κ3) is 3.46. The smallest absolute Gasteiger partial charge is 0.254 e. The number of fused-ring (bicyclic) bond motifs is 2. The van der Waals surface area contributed by atoms with E-state index in [1.807, 2.05) is 42.0 Å². The van der Waals surface area contributed by atoms with Crippen LogP contribution >= 0.6 is 0 Å². The van der Waals surface area contributed by atoms with Gasteiger partial charge in [0.2, 0.25) is 0 Å². The lowest BCUT2D eigenvalue weighted by Gasteiger charge is -2.30. The molecule has 0 unspecified atom stereocenters. The van der Waals surface area contributed by atoms with E-state index in [9.17, 15) is 4.79 Å². The maximum atomic E-state index is 13.3. The number of amides is 1. The Balaban J connectivity index is 1.46.